The van der Waals surface area contributed by atoms with E-state index in [4.69, 9.17) is 15.2 Å². The van der Waals surface area contributed by atoms with Crippen molar-refractivity contribution in [2.24, 2.45) is 17.8 Å². The van der Waals surface area contributed by atoms with E-state index in [1.165, 1.54) is 13.1 Å². The Labute approximate surface area is 163 Å². The molecule has 0 amide bonds. The largest absolute Gasteiger partial charge is 0.492 e. The molecular formula is C20H27BrN2O3. The SMILES string of the molecule is COCCCN1CC2C(CCC(=O)c3cc(Br)c(N)c4c3OCC4)C2C1. The van der Waals surface area contributed by atoms with Crippen LogP contribution in [0.4, 0.5) is 5.69 Å². The number of carbonyl (C=O) groups is 1. The Morgan fingerprint density at radius 2 is 2.19 bits per heavy atom. The lowest BCUT2D eigenvalue weighted by atomic mass is 9.99. The Morgan fingerprint density at radius 1 is 1.42 bits per heavy atom. The predicted octanol–water partition coefficient (Wildman–Crippen LogP) is 3.14. The van der Waals surface area contributed by atoms with Gasteiger partial charge in [-0.15, -0.1) is 0 Å². The van der Waals surface area contributed by atoms with Crippen molar-refractivity contribution in [2.45, 2.75) is 25.7 Å². The van der Waals surface area contributed by atoms with Crippen molar-refractivity contribution in [1.82, 2.24) is 4.90 Å². The fourth-order valence-corrected chi connectivity index (χ4v) is 5.26. The zero-order chi connectivity index (χ0) is 18.3. The van der Waals surface area contributed by atoms with Gasteiger partial charge in [-0.25, -0.2) is 0 Å². The third-order valence-corrected chi connectivity index (χ3v) is 6.90. The Morgan fingerprint density at radius 3 is 2.92 bits per heavy atom. The summed E-state index contributed by atoms with van der Waals surface area (Å²) in [4.78, 5) is 15.3. The summed E-state index contributed by atoms with van der Waals surface area (Å²) in [6.07, 6.45) is 3.49. The van der Waals surface area contributed by atoms with Crippen molar-refractivity contribution in [3.63, 3.8) is 0 Å². The highest BCUT2D eigenvalue weighted by Gasteiger charge is 2.54. The molecule has 0 aromatic heterocycles. The number of nitrogens with two attached hydrogens (primary N) is 1. The Kier molecular flexibility index (Phi) is 5.26. The van der Waals surface area contributed by atoms with Gasteiger partial charge in [-0.05, 0) is 52.6 Å². The second-order valence-electron chi connectivity index (χ2n) is 7.79. The summed E-state index contributed by atoms with van der Waals surface area (Å²) in [6.45, 7) is 4.98. The van der Waals surface area contributed by atoms with E-state index in [0.717, 1.165) is 66.0 Å². The van der Waals surface area contributed by atoms with Crippen LogP contribution in [0.1, 0.15) is 35.2 Å². The topological polar surface area (TPSA) is 64.8 Å². The third kappa shape index (κ3) is 3.39. The first-order chi connectivity index (χ1) is 12.6. The number of Topliss-reactive ketones (excluding diaryl/α,β-unsaturated/α-hetero) is 1. The van der Waals surface area contributed by atoms with Gasteiger partial charge in [0.15, 0.2) is 5.78 Å². The van der Waals surface area contributed by atoms with Crippen LogP contribution in [0.5, 0.6) is 5.75 Å². The summed E-state index contributed by atoms with van der Waals surface area (Å²) in [5, 5.41) is 0. The molecular weight excluding hydrogens is 396 g/mol. The number of ether oxygens (including phenoxy) is 2. The molecule has 0 spiro atoms. The number of piperidine rings is 1. The number of hydrogen-bond acceptors (Lipinski definition) is 5. The lowest BCUT2D eigenvalue weighted by Gasteiger charge is -2.19. The predicted molar refractivity (Wildman–Crippen MR) is 105 cm³/mol. The number of methoxy groups -OCH3 is 1. The molecule has 2 fully saturated rings. The molecule has 4 rings (SSSR count). The zero-order valence-corrected chi connectivity index (χ0v) is 16.9. The van der Waals surface area contributed by atoms with Crippen molar-refractivity contribution < 1.29 is 14.3 Å². The second-order valence-corrected chi connectivity index (χ2v) is 8.64. The van der Waals surface area contributed by atoms with E-state index >= 15 is 0 Å². The highest BCUT2D eigenvalue weighted by molar-refractivity contribution is 9.10. The minimum absolute atomic E-state index is 0.186. The van der Waals surface area contributed by atoms with Crippen molar-refractivity contribution in [3.05, 3.63) is 21.7 Å². The number of nitrogen functional groups attached to an aromatic ring is 1. The quantitative estimate of drug-likeness (QED) is 0.396. The number of fused-ring (bicyclic) bond motifs is 2. The van der Waals surface area contributed by atoms with E-state index in [9.17, 15) is 4.79 Å². The lowest BCUT2D eigenvalue weighted by molar-refractivity contribution is 0.0972. The van der Waals surface area contributed by atoms with Crippen LogP contribution >= 0.6 is 15.9 Å². The fraction of sp³-hybridized carbons (Fsp3) is 0.650. The van der Waals surface area contributed by atoms with Gasteiger partial charge in [0.25, 0.3) is 0 Å². The van der Waals surface area contributed by atoms with E-state index < -0.39 is 0 Å². The highest BCUT2D eigenvalue weighted by atomic mass is 79.9. The van der Waals surface area contributed by atoms with Gasteiger partial charge >= 0.3 is 0 Å². The van der Waals surface area contributed by atoms with Crippen LogP contribution in [0.2, 0.25) is 0 Å². The molecule has 1 saturated heterocycles. The molecule has 2 aliphatic heterocycles. The van der Waals surface area contributed by atoms with Crippen LogP contribution in [0.3, 0.4) is 0 Å². The first kappa shape index (κ1) is 18.3. The monoisotopic (exact) mass is 422 g/mol. The first-order valence-corrected chi connectivity index (χ1v) is 10.4. The lowest BCUT2D eigenvalue weighted by Crippen LogP contribution is -2.26. The fourth-order valence-electron chi connectivity index (χ4n) is 4.79. The summed E-state index contributed by atoms with van der Waals surface area (Å²) in [6, 6.07) is 1.84. The van der Waals surface area contributed by atoms with Crippen LogP contribution in [0.15, 0.2) is 10.5 Å². The molecule has 1 aromatic carbocycles. The third-order valence-electron chi connectivity index (χ3n) is 6.25. The number of halogens is 1. The molecule has 1 aliphatic carbocycles. The second kappa shape index (κ2) is 7.49. The minimum Gasteiger partial charge on any atom is -0.492 e. The standard InChI is InChI=1S/C20H27BrN2O3/c1-25-7-2-6-23-10-15-12(16(15)11-23)3-4-18(24)14-9-17(21)19(22)13-5-8-26-20(13)14/h9,12,15-16H,2-8,10-11,22H2,1H3. The number of nitrogens with zero attached hydrogens (tertiary/aromatic N) is 1. The molecule has 2 unspecified atom stereocenters. The van der Waals surface area contributed by atoms with Gasteiger partial charge in [-0.3, -0.25) is 4.79 Å². The zero-order valence-electron chi connectivity index (χ0n) is 15.3. The van der Waals surface area contributed by atoms with Crippen molar-refractivity contribution in [3.8, 4) is 5.75 Å². The van der Waals surface area contributed by atoms with Gasteiger partial charge in [0, 0.05) is 56.2 Å². The molecule has 2 N–H and O–H groups in total. The highest BCUT2D eigenvalue weighted by Crippen LogP contribution is 2.54. The summed E-state index contributed by atoms with van der Waals surface area (Å²) in [5.41, 5.74) is 8.49. The van der Waals surface area contributed by atoms with Crippen LogP contribution in [0.25, 0.3) is 0 Å². The molecule has 5 nitrogen and oxygen atoms in total. The molecule has 142 valence electrons. The number of likely N-dealkylation sites (tertiary alicyclic amines) is 1. The molecule has 6 heteroatoms. The van der Waals surface area contributed by atoms with E-state index in [0.29, 0.717) is 24.3 Å². The minimum atomic E-state index is 0.186. The smallest absolute Gasteiger partial charge is 0.166 e. The molecule has 2 heterocycles. The summed E-state index contributed by atoms with van der Waals surface area (Å²) in [7, 11) is 1.76. The number of rotatable bonds is 8. The van der Waals surface area contributed by atoms with Crippen LogP contribution in [-0.2, 0) is 11.2 Å². The molecule has 26 heavy (non-hydrogen) atoms. The van der Waals surface area contributed by atoms with Crippen molar-refractivity contribution in [2.75, 3.05) is 45.7 Å². The first-order valence-electron chi connectivity index (χ1n) is 9.58. The average Bonchev–Trinajstić information content (AvgIpc) is 3.00. The summed E-state index contributed by atoms with van der Waals surface area (Å²) < 4.78 is 11.6. The van der Waals surface area contributed by atoms with Crippen molar-refractivity contribution in [1.29, 1.82) is 0 Å². The average molecular weight is 423 g/mol. The molecule has 0 bridgehead atoms. The molecule has 0 radical (unpaired) electrons. The maximum absolute atomic E-state index is 12.8. The van der Waals surface area contributed by atoms with Crippen LogP contribution in [0, 0.1) is 17.8 Å². The van der Waals surface area contributed by atoms with Crippen molar-refractivity contribution >= 4 is 27.4 Å². The summed E-state index contributed by atoms with van der Waals surface area (Å²) in [5.74, 6) is 3.22. The van der Waals surface area contributed by atoms with Gasteiger partial charge in [-0.2, -0.15) is 0 Å². The van der Waals surface area contributed by atoms with Crippen LogP contribution < -0.4 is 10.5 Å². The van der Waals surface area contributed by atoms with E-state index in [1.807, 2.05) is 6.07 Å². The Bertz CT molecular complexity index is 697. The Balaban J connectivity index is 1.29. The summed E-state index contributed by atoms with van der Waals surface area (Å²) >= 11 is 3.48. The van der Waals surface area contributed by atoms with E-state index in [-0.39, 0.29) is 5.78 Å². The van der Waals surface area contributed by atoms with Gasteiger partial charge in [0.2, 0.25) is 0 Å². The van der Waals surface area contributed by atoms with E-state index in [2.05, 4.69) is 20.8 Å². The number of anilines is 1. The molecule has 3 aliphatic rings. The van der Waals surface area contributed by atoms with E-state index in [1.54, 1.807) is 7.11 Å². The van der Waals surface area contributed by atoms with Crippen LogP contribution in [-0.4, -0.2) is 50.6 Å². The Hall–Kier alpha value is -1.11. The number of benzene rings is 1. The normalized spacial score (nSPS) is 26.5. The number of ketones is 1. The molecule has 1 saturated carbocycles. The maximum atomic E-state index is 12.8. The van der Waals surface area contributed by atoms with Gasteiger partial charge in [0.05, 0.1) is 17.9 Å². The van der Waals surface area contributed by atoms with Gasteiger partial charge in [-0.1, -0.05) is 0 Å². The molecule has 1 aromatic rings. The molecule has 2 atom stereocenters. The maximum Gasteiger partial charge on any atom is 0.166 e. The number of carbonyl (C=O) groups excluding carboxylic acids is 1. The van der Waals surface area contributed by atoms with Gasteiger partial charge in [0.1, 0.15) is 5.75 Å². The number of hydrogen-bond donors (Lipinski definition) is 1. The van der Waals surface area contributed by atoms with Gasteiger partial charge < -0.3 is 20.1 Å².